The molecule has 0 aromatic heterocycles. The number of rotatable bonds is 6. The molecule has 0 unspecified atom stereocenters. The third kappa shape index (κ3) is 3.51. The smallest absolute Gasteiger partial charge is 0.258 e. The molecule has 6 nitrogen and oxygen atoms in total. The minimum atomic E-state index is -0.622. The number of unbranched alkanes of at least 4 members (excludes halogenated alkanes) is 2. The van der Waals surface area contributed by atoms with Gasteiger partial charge in [-0.1, -0.05) is 19.8 Å². The molecule has 0 amide bonds. The van der Waals surface area contributed by atoms with Gasteiger partial charge in [-0.05, 0) is 18.9 Å². The zero-order valence-corrected chi connectivity index (χ0v) is 9.59. The molecular weight excluding hydrogens is 224 g/mol. The van der Waals surface area contributed by atoms with Gasteiger partial charge in [-0.2, -0.15) is 0 Å². The van der Waals surface area contributed by atoms with Gasteiger partial charge in [0.05, 0.1) is 15.9 Å². The normalized spacial score (nSPS) is 10.2. The van der Waals surface area contributed by atoms with Crippen molar-refractivity contribution in [3.05, 3.63) is 44.0 Å². The van der Waals surface area contributed by atoms with E-state index in [0.29, 0.717) is 12.0 Å². The van der Waals surface area contributed by atoms with Crippen LogP contribution in [0.1, 0.15) is 31.7 Å². The number of nitrogens with zero attached hydrogens (tertiary/aromatic N) is 2. The average Bonchev–Trinajstić information content (AvgIpc) is 2.29. The molecule has 0 spiro atoms. The number of hydrogen-bond acceptors (Lipinski definition) is 4. The fourth-order valence-electron chi connectivity index (χ4n) is 1.61. The predicted molar refractivity (Wildman–Crippen MR) is 63.0 cm³/mol. The van der Waals surface area contributed by atoms with Crippen LogP contribution in [0.2, 0.25) is 0 Å². The molecule has 0 N–H and O–H groups in total. The third-order valence-corrected chi connectivity index (χ3v) is 2.53. The van der Waals surface area contributed by atoms with Crippen LogP contribution in [0.3, 0.4) is 0 Å². The number of nitro benzene ring substituents is 2. The van der Waals surface area contributed by atoms with Crippen LogP contribution in [0.5, 0.6) is 0 Å². The highest BCUT2D eigenvalue weighted by Gasteiger charge is 2.18. The van der Waals surface area contributed by atoms with E-state index < -0.39 is 9.85 Å². The fourth-order valence-corrected chi connectivity index (χ4v) is 1.61. The summed E-state index contributed by atoms with van der Waals surface area (Å²) < 4.78 is 0. The van der Waals surface area contributed by atoms with Crippen molar-refractivity contribution in [1.82, 2.24) is 0 Å². The summed E-state index contributed by atoms with van der Waals surface area (Å²) in [5.74, 6) is 0. The van der Waals surface area contributed by atoms with Crippen molar-refractivity contribution in [3.8, 4) is 0 Å². The van der Waals surface area contributed by atoms with Gasteiger partial charge in [-0.3, -0.25) is 20.2 Å². The van der Waals surface area contributed by atoms with Gasteiger partial charge in [-0.25, -0.2) is 0 Å². The molecule has 17 heavy (non-hydrogen) atoms. The Morgan fingerprint density at radius 3 is 2.35 bits per heavy atom. The minimum absolute atomic E-state index is 0.157. The summed E-state index contributed by atoms with van der Waals surface area (Å²) in [4.78, 5) is 20.2. The quantitative estimate of drug-likeness (QED) is 0.432. The Kier molecular flexibility index (Phi) is 4.56. The van der Waals surface area contributed by atoms with Crippen LogP contribution >= 0.6 is 0 Å². The van der Waals surface area contributed by atoms with Crippen molar-refractivity contribution in [2.24, 2.45) is 0 Å². The molecule has 0 saturated heterocycles. The molecule has 1 aromatic rings. The Labute approximate surface area is 98.6 Å². The summed E-state index contributed by atoms with van der Waals surface area (Å²) in [5, 5.41) is 21.3. The van der Waals surface area contributed by atoms with Crippen LogP contribution in [0, 0.1) is 20.2 Å². The van der Waals surface area contributed by atoms with Crippen molar-refractivity contribution >= 4 is 11.4 Å². The second-order valence-electron chi connectivity index (χ2n) is 3.78. The maximum Gasteiger partial charge on any atom is 0.279 e. The summed E-state index contributed by atoms with van der Waals surface area (Å²) >= 11 is 0. The summed E-state index contributed by atoms with van der Waals surface area (Å²) in [7, 11) is 0. The Morgan fingerprint density at radius 1 is 1.12 bits per heavy atom. The summed E-state index contributed by atoms with van der Waals surface area (Å²) in [5.41, 5.74) is 0.167. The average molecular weight is 238 g/mol. The zero-order chi connectivity index (χ0) is 12.8. The zero-order valence-electron chi connectivity index (χ0n) is 9.59. The molecule has 92 valence electrons. The van der Waals surface area contributed by atoms with Crippen molar-refractivity contribution in [2.45, 2.75) is 32.6 Å². The molecule has 1 rings (SSSR count). The molecule has 1 aromatic carbocycles. The molecule has 0 saturated carbocycles. The maximum atomic E-state index is 10.8. The second kappa shape index (κ2) is 5.93. The van der Waals surface area contributed by atoms with Crippen LogP contribution < -0.4 is 0 Å². The van der Waals surface area contributed by atoms with E-state index in [-0.39, 0.29) is 11.4 Å². The molecule has 0 aliphatic rings. The molecule has 0 aliphatic carbocycles. The SMILES string of the molecule is CCCCCc1ccc([N+](=O)[O-])cc1[N+](=O)[O-]. The number of non-ortho nitro benzene ring substituents is 1. The Hall–Kier alpha value is -1.98. The minimum Gasteiger partial charge on any atom is -0.258 e. The van der Waals surface area contributed by atoms with E-state index in [1.165, 1.54) is 12.1 Å². The highest BCUT2D eigenvalue weighted by atomic mass is 16.6. The molecule has 0 radical (unpaired) electrons. The number of aryl methyl sites for hydroxylation is 1. The van der Waals surface area contributed by atoms with Gasteiger partial charge in [0.25, 0.3) is 11.4 Å². The van der Waals surface area contributed by atoms with Crippen molar-refractivity contribution in [1.29, 1.82) is 0 Å². The van der Waals surface area contributed by atoms with Crippen molar-refractivity contribution in [3.63, 3.8) is 0 Å². The Balaban J connectivity index is 2.96. The van der Waals surface area contributed by atoms with Crippen LogP contribution in [0.4, 0.5) is 11.4 Å². The monoisotopic (exact) mass is 238 g/mol. The fraction of sp³-hybridized carbons (Fsp3) is 0.455. The van der Waals surface area contributed by atoms with E-state index >= 15 is 0 Å². The molecule has 0 aliphatic heterocycles. The first-order valence-corrected chi connectivity index (χ1v) is 5.48. The first kappa shape index (κ1) is 13.1. The van der Waals surface area contributed by atoms with Gasteiger partial charge in [0.2, 0.25) is 0 Å². The number of nitro groups is 2. The second-order valence-corrected chi connectivity index (χ2v) is 3.78. The summed E-state index contributed by atoms with van der Waals surface area (Å²) in [6.45, 7) is 2.05. The molecule has 0 atom stereocenters. The van der Waals surface area contributed by atoms with E-state index in [4.69, 9.17) is 0 Å². The predicted octanol–water partition coefficient (Wildman–Crippen LogP) is 3.24. The van der Waals surface area contributed by atoms with Gasteiger partial charge >= 0.3 is 0 Å². The van der Waals surface area contributed by atoms with Crippen molar-refractivity contribution in [2.75, 3.05) is 0 Å². The lowest BCUT2D eigenvalue weighted by Crippen LogP contribution is -1.98. The summed E-state index contributed by atoms with van der Waals surface area (Å²) in [6.07, 6.45) is 3.46. The standard InChI is InChI=1S/C11H14N2O4/c1-2-3-4-5-9-6-7-10(12(14)15)8-11(9)13(16)17/h6-8H,2-5H2,1H3. The highest BCUT2D eigenvalue weighted by Crippen LogP contribution is 2.25. The van der Waals surface area contributed by atoms with E-state index in [9.17, 15) is 20.2 Å². The van der Waals surface area contributed by atoms with Gasteiger partial charge in [0, 0.05) is 11.6 Å². The molecule has 0 fully saturated rings. The topological polar surface area (TPSA) is 86.3 Å². The first-order chi connectivity index (χ1) is 8.06. The lowest BCUT2D eigenvalue weighted by atomic mass is 10.0. The number of hydrogen-bond donors (Lipinski definition) is 0. The third-order valence-electron chi connectivity index (χ3n) is 2.53. The van der Waals surface area contributed by atoms with Crippen LogP contribution in [-0.2, 0) is 6.42 Å². The lowest BCUT2D eigenvalue weighted by Gasteiger charge is -2.02. The van der Waals surface area contributed by atoms with Gasteiger partial charge < -0.3 is 0 Å². The Bertz CT molecular complexity index is 431. The largest absolute Gasteiger partial charge is 0.279 e. The van der Waals surface area contributed by atoms with Crippen LogP contribution in [0.15, 0.2) is 18.2 Å². The summed E-state index contributed by atoms with van der Waals surface area (Å²) in [6, 6.07) is 3.82. The van der Waals surface area contributed by atoms with Gasteiger partial charge in [0.1, 0.15) is 0 Å². The highest BCUT2D eigenvalue weighted by molar-refractivity contribution is 5.49. The van der Waals surface area contributed by atoms with Crippen LogP contribution in [0.25, 0.3) is 0 Å². The van der Waals surface area contributed by atoms with Crippen LogP contribution in [-0.4, -0.2) is 9.85 Å². The van der Waals surface area contributed by atoms with E-state index in [1.54, 1.807) is 0 Å². The molecule has 0 heterocycles. The van der Waals surface area contributed by atoms with E-state index in [1.807, 2.05) is 6.92 Å². The Morgan fingerprint density at radius 2 is 1.82 bits per heavy atom. The van der Waals surface area contributed by atoms with Crippen molar-refractivity contribution < 1.29 is 9.85 Å². The van der Waals surface area contributed by atoms with Gasteiger partial charge in [0.15, 0.2) is 0 Å². The first-order valence-electron chi connectivity index (χ1n) is 5.48. The molecule has 6 heteroatoms. The lowest BCUT2D eigenvalue weighted by molar-refractivity contribution is -0.394. The molecular formula is C11H14N2O4. The van der Waals surface area contributed by atoms with E-state index in [2.05, 4.69) is 0 Å². The van der Waals surface area contributed by atoms with Gasteiger partial charge in [-0.15, -0.1) is 0 Å². The molecule has 0 bridgehead atoms. The number of benzene rings is 1. The maximum absolute atomic E-state index is 10.8. The van der Waals surface area contributed by atoms with E-state index in [0.717, 1.165) is 25.3 Å².